The predicted molar refractivity (Wildman–Crippen MR) is 122 cm³/mol. The molecule has 0 spiro atoms. The molecule has 32 heavy (non-hydrogen) atoms. The van der Waals surface area contributed by atoms with Crippen LogP contribution in [0.3, 0.4) is 0 Å². The lowest BCUT2D eigenvalue weighted by molar-refractivity contribution is -0.00770. The van der Waals surface area contributed by atoms with Crippen LogP contribution in [-0.4, -0.2) is 25.5 Å². The van der Waals surface area contributed by atoms with Crippen molar-refractivity contribution in [2.24, 2.45) is 17.8 Å². The van der Waals surface area contributed by atoms with Gasteiger partial charge in [-0.2, -0.15) is 10.2 Å². The molecule has 0 unspecified atom stereocenters. The number of benzene rings is 1. The van der Waals surface area contributed by atoms with E-state index in [4.69, 9.17) is 5.10 Å². The maximum Gasteiger partial charge on any atom is 0.255 e. The zero-order chi connectivity index (χ0) is 21.7. The number of nitrogens with zero attached hydrogens (tertiary/aromatic N) is 4. The number of hydrogen-bond acceptors (Lipinski definition) is 3. The third-order valence-electron chi connectivity index (χ3n) is 7.98. The first-order chi connectivity index (χ1) is 15.6. The lowest BCUT2D eigenvalue weighted by atomic mass is 9.48. The summed E-state index contributed by atoms with van der Waals surface area (Å²) >= 11 is 0. The van der Waals surface area contributed by atoms with E-state index in [-0.39, 0.29) is 11.3 Å². The van der Waals surface area contributed by atoms with Crippen LogP contribution in [-0.2, 0) is 18.5 Å². The average molecular weight is 430 g/mol. The van der Waals surface area contributed by atoms with Crippen LogP contribution < -0.4 is 5.32 Å². The highest BCUT2D eigenvalue weighted by atomic mass is 16.1. The Bertz CT molecular complexity index is 1090. The van der Waals surface area contributed by atoms with Crippen LogP contribution in [0.2, 0.25) is 0 Å². The fourth-order valence-electron chi connectivity index (χ4n) is 6.99. The smallest absolute Gasteiger partial charge is 0.255 e. The summed E-state index contributed by atoms with van der Waals surface area (Å²) in [6, 6.07) is 10.2. The molecule has 2 heterocycles. The molecule has 0 atom stereocenters. The maximum atomic E-state index is 13.5. The molecule has 4 bridgehead atoms. The van der Waals surface area contributed by atoms with Gasteiger partial charge < -0.3 is 5.32 Å². The second-order valence-electron chi connectivity index (χ2n) is 10.3. The van der Waals surface area contributed by atoms with Crippen molar-refractivity contribution in [3.05, 3.63) is 65.7 Å². The first-order valence-electron chi connectivity index (χ1n) is 12.1. The van der Waals surface area contributed by atoms with Gasteiger partial charge in [-0.1, -0.05) is 18.2 Å². The summed E-state index contributed by atoms with van der Waals surface area (Å²) in [5, 5.41) is 12.6. The SMILES string of the molecule is CCn1cc(CNC(=O)c2cn(-c3ccccc3)nc2C23CC4CC(CC(C4)C2)C3)cn1. The minimum Gasteiger partial charge on any atom is -0.348 e. The van der Waals surface area contributed by atoms with Crippen molar-refractivity contribution in [3.63, 3.8) is 0 Å². The highest BCUT2D eigenvalue weighted by Gasteiger charge is 2.53. The molecule has 0 aliphatic heterocycles. The molecule has 4 aliphatic rings. The molecule has 2 aromatic heterocycles. The molecular formula is C26H31N5O. The summed E-state index contributed by atoms with van der Waals surface area (Å²) in [5.74, 6) is 2.39. The first-order valence-corrected chi connectivity index (χ1v) is 12.1. The van der Waals surface area contributed by atoms with Gasteiger partial charge in [-0.15, -0.1) is 0 Å². The molecule has 1 aromatic carbocycles. The van der Waals surface area contributed by atoms with E-state index in [9.17, 15) is 4.79 Å². The zero-order valence-electron chi connectivity index (χ0n) is 18.7. The number of carbonyl (C=O) groups excluding carboxylic acids is 1. The van der Waals surface area contributed by atoms with Crippen LogP contribution >= 0.6 is 0 Å². The topological polar surface area (TPSA) is 64.7 Å². The fraction of sp³-hybridized carbons (Fsp3) is 0.500. The van der Waals surface area contributed by atoms with Crippen LogP contribution in [0.5, 0.6) is 0 Å². The van der Waals surface area contributed by atoms with Gasteiger partial charge in [0.15, 0.2) is 0 Å². The van der Waals surface area contributed by atoms with Crippen LogP contribution in [0.1, 0.15) is 67.1 Å². The Morgan fingerprint density at radius 2 is 1.75 bits per heavy atom. The van der Waals surface area contributed by atoms with Crippen molar-refractivity contribution >= 4 is 5.91 Å². The molecule has 1 N–H and O–H groups in total. The largest absolute Gasteiger partial charge is 0.348 e. The van der Waals surface area contributed by atoms with Gasteiger partial charge in [-0.05, 0) is 75.3 Å². The summed E-state index contributed by atoms with van der Waals surface area (Å²) in [7, 11) is 0. The van der Waals surface area contributed by atoms with Gasteiger partial charge in [-0.25, -0.2) is 4.68 Å². The number of hydrogen-bond donors (Lipinski definition) is 1. The summed E-state index contributed by atoms with van der Waals surface area (Å²) in [5.41, 5.74) is 3.86. The van der Waals surface area contributed by atoms with E-state index in [0.717, 1.165) is 46.8 Å². The first kappa shape index (κ1) is 19.8. The lowest BCUT2D eigenvalue weighted by Gasteiger charge is -2.56. The van der Waals surface area contributed by atoms with E-state index in [1.54, 1.807) is 0 Å². The molecule has 7 rings (SSSR count). The van der Waals surface area contributed by atoms with Crippen molar-refractivity contribution in [1.82, 2.24) is 24.9 Å². The normalized spacial score (nSPS) is 28.2. The molecule has 4 saturated carbocycles. The quantitative estimate of drug-likeness (QED) is 0.628. The second kappa shape index (κ2) is 7.61. The number of nitrogens with one attached hydrogen (secondary N) is 1. The summed E-state index contributed by atoms with van der Waals surface area (Å²) < 4.78 is 3.80. The summed E-state index contributed by atoms with van der Waals surface area (Å²) in [4.78, 5) is 13.5. The molecular weight excluding hydrogens is 398 g/mol. The second-order valence-corrected chi connectivity index (χ2v) is 10.3. The van der Waals surface area contributed by atoms with Gasteiger partial charge in [0.2, 0.25) is 0 Å². The minimum absolute atomic E-state index is 0.0258. The van der Waals surface area contributed by atoms with E-state index < -0.39 is 0 Å². The van der Waals surface area contributed by atoms with Crippen molar-refractivity contribution in [3.8, 4) is 5.69 Å². The van der Waals surface area contributed by atoms with Gasteiger partial charge in [0, 0.05) is 36.5 Å². The van der Waals surface area contributed by atoms with Crippen LogP contribution in [0.25, 0.3) is 5.69 Å². The Kier molecular flexibility index (Phi) is 4.70. The Labute approximate surface area is 189 Å². The van der Waals surface area contributed by atoms with E-state index in [0.29, 0.717) is 6.54 Å². The van der Waals surface area contributed by atoms with Gasteiger partial charge in [0.1, 0.15) is 0 Å². The Hall–Kier alpha value is -2.89. The molecule has 1 amide bonds. The summed E-state index contributed by atoms with van der Waals surface area (Å²) in [6.45, 7) is 3.37. The van der Waals surface area contributed by atoms with Crippen molar-refractivity contribution in [2.75, 3.05) is 0 Å². The standard InChI is InChI=1S/C26H31N5O/c1-2-30-16-21(15-28-30)14-27-25(32)23-17-31(22-6-4-3-5-7-22)29-24(23)26-11-18-8-19(12-26)10-20(9-18)13-26/h3-7,15-20H,2,8-14H2,1H3,(H,27,32). The number of aryl methyl sites for hydroxylation is 1. The Balaban J connectivity index is 1.34. The monoisotopic (exact) mass is 429 g/mol. The van der Waals surface area contributed by atoms with Crippen LogP contribution in [0.15, 0.2) is 48.9 Å². The maximum absolute atomic E-state index is 13.5. The molecule has 3 aromatic rings. The van der Waals surface area contributed by atoms with Crippen LogP contribution in [0.4, 0.5) is 0 Å². The predicted octanol–water partition coefficient (Wildman–Crippen LogP) is 4.49. The number of carbonyl (C=O) groups is 1. The lowest BCUT2D eigenvalue weighted by Crippen LogP contribution is -2.49. The third kappa shape index (κ3) is 3.37. The number of para-hydroxylation sites is 1. The van der Waals surface area contributed by atoms with Gasteiger partial charge in [0.05, 0.1) is 23.1 Å². The van der Waals surface area contributed by atoms with E-state index >= 15 is 0 Å². The highest BCUT2D eigenvalue weighted by molar-refractivity contribution is 5.95. The van der Waals surface area contributed by atoms with Crippen molar-refractivity contribution in [1.29, 1.82) is 0 Å². The number of aromatic nitrogens is 4. The number of rotatable bonds is 6. The van der Waals surface area contributed by atoms with E-state index in [2.05, 4.69) is 29.5 Å². The Morgan fingerprint density at radius 1 is 1.06 bits per heavy atom. The van der Waals surface area contributed by atoms with E-state index in [1.165, 1.54) is 38.5 Å². The minimum atomic E-state index is -0.0258. The molecule has 4 aliphatic carbocycles. The average Bonchev–Trinajstić information content (AvgIpc) is 3.45. The molecule has 6 heteroatoms. The van der Waals surface area contributed by atoms with Crippen molar-refractivity contribution in [2.45, 2.75) is 64.0 Å². The molecule has 166 valence electrons. The third-order valence-corrected chi connectivity index (χ3v) is 7.98. The van der Waals surface area contributed by atoms with Crippen LogP contribution in [0, 0.1) is 17.8 Å². The Morgan fingerprint density at radius 3 is 2.38 bits per heavy atom. The molecule has 0 radical (unpaired) electrons. The molecule has 4 fully saturated rings. The summed E-state index contributed by atoms with van der Waals surface area (Å²) in [6.07, 6.45) is 13.5. The number of amides is 1. The van der Waals surface area contributed by atoms with Gasteiger partial charge in [0.25, 0.3) is 5.91 Å². The van der Waals surface area contributed by atoms with Gasteiger partial charge in [-0.3, -0.25) is 9.48 Å². The van der Waals surface area contributed by atoms with Gasteiger partial charge >= 0.3 is 0 Å². The zero-order valence-corrected chi connectivity index (χ0v) is 18.7. The fourth-order valence-corrected chi connectivity index (χ4v) is 6.99. The molecule has 0 saturated heterocycles. The van der Waals surface area contributed by atoms with Crippen molar-refractivity contribution < 1.29 is 4.79 Å². The highest BCUT2D eigenvalue weighted by Crippen LogP contribution is 2.60. The molecule has 6 nitrogen and oxygen atoms in total. The van der Waals surface area contributed by atoms with E-state index in [1.807, 2.05) is 46.2 Å².